The zero-order valence-electron chi connectivity index (χ0n) is 15.3. The third-order valence-electron chi connectivity index (χ3n) is 4.63. The molecule has 0 aliphatic carbocycles. The maximum Gasteiger partial charge on any atom is 0.221 e. The number of aromatic nitrogens is 5. The van der Waals surface area contributed by atoms with Gasteiger partial charge in [-0.15, -0.1) is 10.2 Å². The van der Waals surface area contributed by atoms with Crippen molar-refractivity contribution < 1.29 is 4.79 Å². The van der Waals surface area contributed by atoms with Gasteiger partial charge in [0.15, 0.2) is 5.65 Å². The average molecular weight is 362 g/mol. The number of aryl methyl sites for hydroxylation is 3. The zero-order chi connectivity index (χ0) is 18.6. The molecule has 1 N–H and O–H groups in total. The summed E-state index contributed by atoms with van der Waals surface area (Å²) >= 11 is 0. The molecule has 1 amide bonds. The molecule has 0 fully saturated rings. The lowest BCUT2D eigenvalue weighted by molar-refractivity contribution is -0.121. The first-order valence-corrected chi connectivity index (χ1v) is 9.18. The number of nitrogens with zero attached hydrogens (tertiary/aromatic N) is 5. The Labute approximate surface area is 157 Å². The highest BCUT2D eigenvalue weighted by molar-refractivity contribution is 5.80. The van der Waals surface area contributed by atoms with Gasteiger partial charge in [0.2, 0.25) is 5.91 Å². The normalized spacial score (nSPS) is 11.3. The van der Waals surface area contributed by atoms with Gasteiger partial charge in [-0.05, 0) is 37.6 Å². The van der Waals surface area contributed by atoms with Crippen molar-refractivity contribution in [3.8, 4) is 0 Å². The molecule has 0 unspecified atom stereocenters. The number of amides is 1. The highest BCUT2D eigenvalue weighted by atomic mass is 16.1. The molecular formula is C20H22N6O. The van der Waals surface area contributed by atoms with E-state index in [-0.39, 0.29) is 5.91 Å². The molecule has 0 saturated heterocycles. The highest BCUT2D eigenvalue weighted by Crippen LogP contribution is 2.15. The lowest BCUT2D eigenvalue weighted by Crippen LogP contribution is -2.26. The Balaban J connectivity index is 1.24. The molecule has 0 aliphatic heterocycles. The van der Waals surface area contributed by atoms with Crippen molar-refractivity contribution in [1.82, 2.24) is 29.7 Å². The Morgan fingerprint density at radius 3 is 3.04 bits per heavy atom. The summed E-state index contributed by atoms with van der Waals surface area (Å²) < 4.78 is 3.86. The van der Waals surface area contributed by atoms with Crippen molar-refractivity contribution in [3.05, 3.63) is 60.2 Å². The Morgan fingerprint density at radius 2 is 2.11 bits per heavy atom. The van der Waals surface area contributed by atoms with E-state index in [2.05, 4.69) is 45.7 Å². The van der Waals surface area contributed by atoms with Gasteiger partial charge in [-0.1, -0.05) is 17.7 Å². The number of carbonyl (C=O) groups excluding carboxylic acids is 1. The summed E-state index contributed by atoms with van der Waals surface area (Å²) in [6.45, 7) is 3.26. The van der Waals surface area contributed by atoms with Crippen LogP contribution in [0.1, 0.15) is 24.2 Å². The minimum Gasteiger partial charge on any atom is -0.356 e. The second kappa shape index (κ2) is 7.57. The lowest BCUT2D eigenvalue weighted by Gasteiger charge is -2.06. The Morgan fingerprint density at radius 1 is 1.19 bits per heavy atom. The number of nitrogens with one attached hydrogen (secondary N) is 1. The van der Waals surface area contributed by atoms with E-state index in [1.807, 2.05) is 39.7 Å². The van der Waals surface area contributed by atoms with E-state index >= 15 is 0 Å². The SMILES string of the molecule is Cc1ccc2c(cnn2CCC(=O)NCCCc2nnc3ccccn23)c1. The molecule has 27 heavy (non-hydrogen) atoms. The van der Waals surface area contributed by atoms with Crippen LogP contribution in [0.2, 0.25) is 0 Å². The predicted octanol–water partition coefficient (Wildman–Crippen LogP) is 2.53. The van der Waals surface area contributed by atoms with Crippen LogP contribution in [-0.2, 0) is 17.8 Å². The molecule has 7 nitrogen and oxygen atoms in total. The maximum absolute atomic E-state index is 12.1. The van der Waals surface area contributed by atoms with E-state index in [0.29, 0.717) is 19.5 Å². The Bertz CT molecular complexity index is 1080. The molecule has 0 bridgehead atoms. The van der Waals surface area contributed by atoms with E-state index in [9.17, 15) is 4.79 Å². The molecule has 0 radical (unpaired) electrons. The molecule has 138 valence electrons. The molecule has 0 saturated carbocycles. The summed E-state index contributed by atoms with van der Waals surface area (Å²) in [6.07, 6.45) is 5.82. The quantitative estimate of drug-likeness (QED) is 0.513. The summed E-state index contributed by atoms with van der Waals surface area (Å²) in [7, 11) is 0. The number of benzene rings is 1. The van der Waals surface area contributed by atoms with Crippen LogP contribution in [0, 0.1) is 6.92 Å². The van der Waals surface area contributed by atoms with Crippen LogP contribution in [-0.4, -0.2) is 36.8 Å². The van der Waals surface area contributed by atoms with Gasteiger partial charge in [0.05, 0.1) is 18.3 Å². The van der Waals surface area contributed by atoms with E-state index in [0.717, 1.165) is 35.2 Å². The number of carbonyl (C=O) groups is 1. The minimum absolute atomic E-state index is 0.0388. The second-order valence-corrected chi connectivity index (χ2v) is 6.68. The molecule has 3 heterocycles. The number of hydrogen-bond donors (Lipinski definition) is 1. The maximum atomic E-state index is 12.1. The number of hydrogen-bond acceptors (Lipinski definition) is 4. The van der Waals surface area contributed by atoms with E-state index in [1.165, 1.54) is 5.56 Å². The number of rotatable bonds is 7. The fourth-order valence-corrected chi connectivity index (χ4v) is 3.22. The van der Waals surface area contributed by atoms with E-state index in [4.69, 9.17) is 0 Å². The lowest BCUT2D eigenvalue weighted by atomic mass is 10.2. The largest absolute Gasteiger partial charge is 0.356 e. The molecule has 0 atom stereocenters. The summed E-state index contributed by atoms with van der Waals surface area (Å²) in [5.74, 6) is 0.954. The smallest absolute Gasteiger partial charge is 0.221 e. The Kier molecular flexibility index (Phi) is 4.82. The minimum atomic E-state index is 0.0388. The third-order valence-corrected chi connectivity index (χ3v) is 4.63. The summed E-state index contributed by atoms with van der Waals surface area (Å²) in [6, 6.07) is 12.1. The van der Waals surface area contributed by atoms with Crippen LogP contribution in [0.4, 0.5) is 0 Å². The van der Waals surface area contributed by atoms with Crippen molar-refractivity contribution in [2.45, 2.75) is 32.7 Å². The van der Waals surface area contributed by atoms with Crippen molar-refractivity contribution in [2.24, 2.45) is 0 Å². The fourth-order valence-electron chi connectivity index (χ4n) is 3.22. The molecule has 0 aliphatic rings. The molecule has 4 rings (SSSR count). The van der Waals surface area contributed by atoms with Crippen LogP contribution in [0.5, 0.6) is 0 Å². The first kappa shape index (κ1) is 17.2. The summed E-state index contributed by atoms with van der Waals surface area (Å²) in [4.78, 5) is 12.1. The van der Waals surface area contributed by atoms with Crippen LogP contribution < -0.4 is 5.32 Å². The van der Waals surface area contributed by atoms with Crippen molar-refractivity contribution in [1.29, 1.82) is 0 Å². The summed E-state index contributed by atoms with van der Waals surface area (Å²) in [5, 5.41) is 16.8. The Hall–Kier alpha value is -3.22. The molecule has 4 aromatic rings. The molecule has 0 spiro atoms. The van der Waals surface area contributed by atoms with Crippen LogP contribution in [0.3, 0.4) is 0 Å². The number of pyridine rings is 1. The van der Waals surface area contributed by atoms with Gasteiger partial charge in [0.25, 0.3) is 0 Å². The van der Waals surface area contributed by atoms with Gasteiger partial charge in [-0.25, -0.2) is 0 Å². The molecule has 7 heteroatoms. The molecule has 3 aromatic heterocycles. The molecular weight excluding hydrogens is 340 g/mol. The zero-order valence-corrected chi connectivity index (χ0v) is 15.3. The van der Waals surface area contributed by atoms with Gasteiger partial charge >= 0.3 is 0 Å². The van der Waals surface area contributed by atoms with Crippen LogP contribution in [0.25, 0.3) is 16.6 Å². The fraction of sp³-hybridized carbons (Fsp3) is 0.300. The van der Waals surface area contributed by atoms with Gasteiger partial charge in [-0.2, -0.15) is 5.10 Å². The highest BCUT2D eigenvalue weighted by Gasteiger charge is 2.07. The average Bonchev–Trinajstić information content (AvgIpc) is 3.27. The monoisotopic (exact) mass is 362 g/mol. The predicted molar refractivity (Wildman–Crippen MR) is 103 cm³/mol. The first-order chi connectivity index (χ1) is 13.2. The van der Waals surface area contributed by atoms with Crippen LogP contribution >= 0.6 is 0 Å². The van der Waals surface area contributed by atoms with E-state index in [1.54, 1.807) is 0 Å². The van der Waals surface area contributed by atoms with Crippen molar-refractivity contribution >= 4 is 22.5 Å². The standard InChI is InChI=1S/C20H22N6O/c1-15-7-8-17-16(13-15)14-22-26(17)12-9-20(27)21-10-4-6-19-24-23-18-5-2-3-11-25(18)19/h2-3,5,7-8,11,13-14H,4,6,9-10,12H2,1H3,(H,21,27). The number of fused-ring (bicyclic) bond motifs is 2. The van der Waals surface area contributed by atoms with Crippen LogP contribution in [0.15, 0.2) is 48.8 Å². The summed E-state index contributed by atoms with van der Waals surface area (Å²) in [5.41, 5.74) is 3.12. The van der Waals surface area contributed by atoms with Crippen molar-refractivity contribution in [2.75, 3.05) is 6.54 Å². The first-order valence-electron chi connectivity index (χ1n) is 9.18. The van der Waals surface area contributed by atoms with Gasteiger partial charge in [-0.3, -0.25) is 13.9 Å². The second-order valence-electron chi connectivity index (χ2n) is 6.68. The molecule has 1 aromatic carbocycles. The third kappa shape index (κ3) is 3.81. The van der Waals surface area contributed by atoms with Gasteiger partial charge < -0.3 is 5.32 Å². The van der Waals surface area contributed by atoms with Crippen molar-refractivity contribution in [3.63, 3.8) is 0 Å². The topological polar surface area (TPSA) is 77.1 Å². The van der Waals surface area contributed by atoms with E-state index < -0.39 is 0 Å². The van der Waals surface area contributed by atoms with Gasteiger partial charge in [0.1, 0.15) is 5.82 Å². The van der Waals surface area contributed by atoms with Gasteiger partial charge in [0, 0.05) is 31.0 Å².